The van der Waals surface area contributed by atoms with Gasteiger partial charge in [0, 0.05) is 32.2 Å². The summed E-state index contributed by atoms with van der Waals surface area (Å²) in [7, 11) is -1.94. The monoisotopic (exact) mass is 615 g/mol. The molecule has 4 aromatic carbocycles. The Morgan fingerprint density at radius 2 is 1.36 bits per heavy atom. The molecule has 0 fully saturated rings. The molecule has 0 unspecified atom stereocenters. The number of sulfonamides is 1. The van der Waals surface area contributed by atoms with Crippen LogP contribution < -0.4 is 14.4 Å². The predicted octanol–water partition coefficient (Wildman–Crippen LogP) is 5.84. The molecule has 0 aliphatic heterocycles. The molecule has 10 heteroatoms. The molecular weight excluding hydrogens is 578 g/mol. The van der Waals surface area contributed by atoms with Crippen molar-refractivity contribution in [1.29, 1.82) is 0 Å². The predicted molar refractivity (Wildman–Crippen MR) is 173 cm³/mol. The molecule has 0 saturated heterocycles. The molecule has 2 N–H and O–H groups in total. The second-order valence-corrected chi connectivity index (χ2v) is 12.4. The number of ether oxygens (including phenoxy) is 1. The van der Waals surface area contributed by atoms with E-state index in [0.29, 0.717) is 36.7 Å². The van der Waals surface area contributed by atoms with Gasteiger partial charge in [0.2, 0.25) is 15.9 Å². The number of aryl methyl sites for hydroxylation is 1. The van der Waals surface area contributed by atoms with Crippen molar-refractivity contribution in [3.05, 3.63) is 119 Å². The maximum absolute atomic E-state index is 12.1. The van der Waals surface area contributed by atoms with E-state index in [2.05, 4.69) is 21.8 Å². The van der Waals surface area contributed by atoms with Crippen molar-refractivity contribution >= 4 is 33.3 Å². The first kappa shape index (κ1) is 32.1. The molecule has 0 spiro atoms. The second kappa shape index (κ2) is 14.6. The molecule has 0 bridgehead atoms. The van der Waals surface area contributed by atoms with Crippen molar-refractivity contribution < 1.29 is 27.9 Å². The minimum atomic E-state index is -3.42. The minimum Gasteiger partial charge on any atom is -0.480 e. The Hall–Kier alpha value is -4.83. The summed E-state index contributed by atoms with van der Waals surface area (Å²) in [4.78, 5) is 26.3. The number of carboxylic acid groups (broad SMARTS) is 1. The molecule has 0 radical (unpaired) electrons. The highest BCUT2D eigenvalue weighted by molar-refractivity contribution is 7.92. The lowest BCUT2D eigenvalue weighted by Crippen LogP contribution is -2.32. The molecule has 4 rings (SSSR count). The topological polar surface area (TPSA) is 116 Å². The molecule has 0 heterocycles. The standard InChI is InChI=1S/C34H37N3O6S/c1-25-31(35-44(3,41)42)10-7-11-32(25)37(22-27-8-5-4-6-9-27)23-28-14-19-30(20-15-28)43-29-17-12-26(13-18-29)16-21-33(38)36(2)24-34(39)40/h4-15,17-20,35H,16,21-24H2,1-3H3,(H,39,40). The van der Waals surface area contributed by atoms with E-state index < -0.39 is 16.0 Å². The SMILES string of the molecule is Cc1c(NS(C)(=O)=O)cccc1N(Cc1ccccc1)Cc1ccc(Oc2ccc(CCC(=O)N(C)CC(=O)O)cc2)cc1. The van der Waals surface area contributed by atoms with E-state index >= 15 is 0 Å². The van der Waals surface area contributed by atoms with Gasteiger partial charge in [-0.25, -0.2) is 8.42 Å². The number of carbonyl (C=O) groups excluding carboxylic acids is 1. The Morgan fingerprint density at radius 3 is 1.93 bits per heavy atom. The van der Waals surface area contributed by atoms with Crippen LogP contribution in [-0.4, -0.2) is 50.1 Å². The fourth-order valence-corrected chi connectivity index (χ4v) is 5.40. The van der Waals surface area contributed by atoms with Crippen molar-refractivity contribution in [2.45, 2.75) is 32.9 Å². The Morgan fingerprint density at radius 1 is 0.795 bits per heavy atom. The average Bonchev–Trinajstić information content (AvgIpc) is 2.98. The summed E-state index contributed by atoms with van der Waals surface area (Å²) in [6, 6.07) is 31.0. The first-order valence-electron chi connectivity index (χ1n) is 14.1. The Balaban J connectivity index is 1.43. The number of nitrogens with one attached hydrogen (secondary N) is 1. The number of amides is 1. The molecule has 0 aliphatic carbocycles. The molecule has 0 atom stereocenters. The van der Waals surface area contributed by atoms with Gasteiger partial charge < -0.3 is 19.6 Å². The largest absolute Gasteiger partial charge is 0.480 e. The third kappa shape index (κ3) is 9.60. The summed E-state index contributed by atoms with van der Waals surface area (Å²) in [6.07, 6.45) is 1.88. The van der Waals surface area contributed by atoms with Crippen molar-refractivity contribution in [1.82, 2.24) is 4.90 Å². The van der Waals surface area contributed by atoms with E-state index in [1.165, 1.54) is 11.9 Å². The van der Waals surface area contributed by atoms with Gasteiger partial charge in [-0.1, -0.05) is 60.7 Å². The third-order valence-corrected chi connectivity index (χ3v) is 7.63. The van der Waals surface area contributed by atoms with Crippen molar-refractivity contribution in [3.63, 3.8) is 0 Å². The fraction of sp³-hybridized carbons (Fsp3) is 0.235. The van der Waals surface area contributed by atoms with Crippen LogP contribution in [-0.2, 0) is 39.1 Å². The van der Waals surface area contributed by atoms with Crippen LogP contribution in [0.1, 0.15) is 28.7 Å². The lowest BCUT2D eigenvalue weighted by molar-refractivity contribution is -0.143. The summed E-state index contributed by atoms with van der Waals surface area (Å²) in [5.74, 6) is 0.0808. The van der Waals surface area contributed by atoms with Gasteiger partial charge in [0.25, 0.3) is 0 Å². The third-order valence-electron chi connectivity index (χ3n) is 7.04. The van der Waals surface area contributed by atoms with Crippen LogP contribution in [0.5, 0.6) is 11.5 Å². The van der Waals surface area contributed by atoms with E-state index in [4.69, 9.17) is 9.84 Å². The average molecular weight is 616 g/mol. The van der Waals surface area contributed by atoms with Crippen molar-refractivity contribution in [3.8, 4) is 11.5 Å². The minimum absolute atomic E-state index is 0.219. The summed E-state index contributed by atoms with van der Waals surface area (Å²) in [6.45, 7) is 2.83. The number of likely N-dealkylation sites (N-methyl/N-ethyl adjacent to an activating group) is 1. The van der Waals surface area contributed by atoms with Gasteiger partial charge in [0.1, 0.15) is 18.0 Å². The number of carbonyl (C=O) groups is 2. The Labute approximate surface area is 258 Å². The molecule has 0 aromatic heterocycles. The van der Waals surface area contributed by atoms with Crippen LogP contribution in [0.2, 0.25) is 0 Å². The highest BCUT2D eigenvalue weighted by Gasteiger charge is 2.16. The Bertz CT molecular complexity index is 1670. The van der Waals surface area contributed by atoms with E-state index in [-0.39, 0.29) is 18.9 Å². The maximum atomic E-state index is 12.1. The van der Waals surface area contributed by atoms with Crippen LogP contribution in [0, 0.1) is 6.92 Å². The van der Waals surface area contributed by atoms with Gasteiger partial charge in [0.05, 0.1) is 11.9 Å². The number of nitrogens with zero attached hydrogens (tertiary/aromatic N) is 2. The number of benzene rings is 4. The number of rotatable bonds is 14. The molecule has 4 aromatic rings. The lowest BCUT2D eigenvalue weighted by Gasteiger charge is -2.28. The van der Waals surface area contributed by atoms with Crippen LogP contribution in [0.3, 0.4) is 0 Å². The van der Waals surface area contributed by atoms with Crippen LogP contribution in [0.25, 0.3) is 0 Å². The summed E-state index contributed by atoms with van der Waals surface area (Å²) in [5.41, 5.74) is 5.46. The van der Waals surface area contributed by atoms with Gasteiger partial charge >= 0.3 is 5.97 Å². The van der Waals surface area contributed by atoms with Gasteiger partial charge in [-0.2, -0.15) is 0 Å². The van der Waals surface area contributed by atoms with Crippen LogP contribution in [0.15, 0.2) is 97.1 Å². The zero-order valence-electron chi connectivity index (χ0n) is 25.1. The fourth-order valence-electron chi connectivity index (χ4n) is 4.78. The zero-order chi connectivity index (χ0) is 31.7. The van der Waals surface area contributed by atoms with Gasteiger partial charge in [-0.05, 0) is 72.0 Å². The molecule has 0 saturated carbocycles. The number of aliphatic carboxylic acids is 1. The number of carboxylic acids is 1. The summed E-state index contributed by atoms with van der Waals surface area (Å²) < 4.78 is 32.5. The van der Waals surface area contributed by atoms with Gasteiger partial charge in [-0.15, -0.1) is 0 Å². The van der Waals surface area contributed by atoms with E-state index in [9.17, 15) is 18.0 Å². The molecule has 1 amide bonds. The quantitative estimate of drug-likeness (QED) is 0.183. The maximum Gasteiger partial charge on any atom is 0.323 e. The smallest absolute Gasteiger partial charge is 0.323 e. The van der Waals surface area contributed by atoms with E-state index in [1.807, 2.05) is 85.8 Å². The molecule has 0 aliphatic rings. The zero-order valence-corrected chi connectivity index (χ0v) is 25.9. The highest BCUT2D eigenvalue weighted by Crippen LogP contribution is 2.31. The molecule has 230 valence electrons. The van der Waals surface area contributed by atoms with Gasteiger partial charge in [0.15, 0.2) is 0 Å². The number of hydrogen-bond donors (Lipinski definition) is 2. The second-order valence-electron chi connectivity index (χ2n) is 10.7. The lowest BCUT2D eigenvalue weighted by atomic mass is 10.1. The Kier molecular flexibility index (Phi) is 10.6. The van der Waals surface area contributed by atoms with Crippen LogP contribution in [0.4, 0.5) is 11.4 Å². The van der Waals surface area contributed by atoms with Crippen LogP contribution >= 0.6 is 0 Å². The molecular formula is C34H37N3O6S. The van der Waals surface area contributed by atoms with Crippen molar-refractivity contribution in [2.75, 3.05) is 29.5 Å². The molecule has 9 nitrogen and oxygen atoms in total. The van der Waals surface area contributed by atoms with Gasteiger partial charge in [-0.3, -0.25) is 14.3 Å². The first-order valence-corrected chi connectivity index (χ1v) is 16.0. The van der Waals surface area contributed by atoms with E-state index in [1.54, 1.807) is 6.07 Å². The van der Waals surface area contributed by atoms with E-state index in [0.717, 1.165) is 34.2 Å². The molecule has 44 heavy (non-hydrogen) atoms. The normalized spacial score (nSPS) is 11.1. The van der Waals surface area contributed by atoms with Crippen molar-refractivity contribution in [2.24, 2.45) is 0 Å². The number of hydrogen-bond acceptors (Lipinski definition) is 6. The first-order chi connectivity index (χ1) is 21.0. The summed E-state index contributed by atoms with van der Waals surface area (Å²) >= 11 is 0. The summed E-state index contributed by atoms with van der Waals surface area (Å²) in [5, 5.41) is 8.85. The number of anilines is 2. The highest BCUT2D eigenvalue weighted by atomic mass is 32.2.